The van der Waals surface area contributed by atoms with Crippen molar-refractivity contribution in [3.63, 3.8) is 0 Å². The summed E-state index contributed by atoms with van der Waals surface area (Å²) in [5.74, 6) is 1.48. The van der Waals surface area contributed by atoms with Crippen LogP contribution in [0.3, 0.4) is 0 Å². The van der Waals surface area contributed by atoms with Crippen molar-refractivity contribution in [1.29, 1.82) is 0 Å². The van der Waals surface area contributed by atoms with Crippen LogP contribution in [0, 0.1) is 0 Å². The Balaban J connectivity index is 0.00000225. The third-order valence-electron chi connectivity index (χ3n) is 5.63. The molecule has 2 fully saturated rings. The molecule has 152 valence electrons. The molecule has 1 atom stereocenters. The number of nitrogens with one attached hydrogen (secondary N) is 2. The van der Waals surface area contributed by atoms with Gasteiger partial charge in [-0.1, -0.05) is 31.0 Å². The molecule has 2 aliphatic rings. The summed E-state index contributed by atoms with van der Waals surface area (Å²) < 4.78 is 5.60. The fraction of sp³-hybridized carbons (Fsp3) is 0.524. The van der Waals surface area contributed by atoms with E-state index in [9.17, 15) is 0 Å². The lowest BCUT2D eigenvalue weighted by Crippen LogP contribution is -2.45. The SMILES string of the molecule is CN=C(NCc1coc(-c2ccccc2)n1)NC1CCN(C2CCCC2)C1.I. The normalized spacial score (nSPS) is 20.9. The Kier molecular flexibility index (Phi) is 7.73. The van der Waals surface area contributed by atoms with Crippen LogP contribution in [0.15, 0.2) is 46.0 Å². The van der Waals surface area contributed by atoms with Crippen LogP contribution in [0.25, 0.3) is 11.5 Å². The molecule has 0 radical (unpaired) electrons. The predicted molar refractivity (Wildman–Crippen MR) is 123 cm³/mol. The number of nitrogens with zero attached hydrogens (tertiary/aromatic N) is 3. The molecule has 1 aromatic carbocycles. The second kappa shape index (κ2) is 10.2. The largest absolute Gasteiger partial charge is 0.444 e. The molecule has 1 unspecified atom stereocenters. The van der Waals surface area contributed by atoms with Crippen LogP contribution in [0.5, 0.6) is 0 Å². The lowest BCUT2D eigenvalue weighted by molar-refractivity contribution is 0.242. The van der Waals surface area contributed by atoms with Crippen LogP contribution >= 0.6 is 24.0 Å². The number of benzene rings is 1. The summed E-state index contributed by atoms with van der Waals surface area (Å²) >= 11 is 0. The minimum atomic E-state index is 0. The lowest BCUT2D eigenvalue weighted by atomic mass is 10.2. The molecule has 0 bridgehead atoms. The van der Waals surface area contributed by atoms with E-state index in [1.807, 2.05) is 37.4 Å². The third-order valence-corrected chi connectivity index (χ3v) is 5.63. The number of aliphatic imine (C=N–C) groups is 1. The molecule has 2 N–H and O–H groups in total. The summed E-state index contributed by atoms with van der Waals surface area (Å²) in [6, 6.07) is 11.2. The number of aromatic nitrogens is 1. The van der Waals surface area contributed by atoms with Gasteiger partial charge in [-0.2, -0.15) is 0 Å². The number of likely N-dealkylation sites (tertiary alicyclic amines) is 1. The number of halogens is 1. The Labute approximate surface area is 184 Å². The van der Waals surface area contributed by atoms with Crippen molar-refractivity contribution in [2.75, 3.05) is 20.1 Å². The summed E-state index contributed by atoms with van der Waals surface area (Å²) in [5, 5.41) is 6.93. The average Bonchev–Trinajstić information content (AvgIpc) is 3.47. The molecule has 2 heterocycles. The maximum atomic E-state index is 5.60. The van der Waals surface area contributed by atoms with Crippen molar-refractivity contribution in [1.82, 2.24) is 20.5 Å². The highest BCUT2D eigenvalue weighted by Crippen LogP contribution is 2.26. The fourth-order valence-corrected chi connectivity index (χ4v) is 4.17. The summed E-state index contributed by atoms with van der Waals surface area (Å²) in [5.41, 5.74) is 1.86. The van der Waals surface area contributed by atoms with Gasteiger partial charge in [0.1, 0.15) is 6.26 Å². The van der Waals surface area contributed by atoms with Gasteiger partial charge >= 0.3 is 0 Å². The zero-order valence-electron chi connectivity index (χ0n) is 16.4. The Bertz CT molecular complexity index is 757. The van der Waals surface area contributed by atoms with Crippen molar-refractivity contribution in [3.05, 3.63) is 42.3 Å². The summed E-state index contributed by atoms with van der Waals surface area (Å²) in [7, 11) is 1.82. The number of guanidine groups is 1. The van der Waals surface area contributed by atoms with Crippen LogP contribution in [-0.4, -0.2) is 48.1 Å². The lowest BCUT2D eigenvalue weighted by Gasteiger charge is -2.24. The van der Waals surface area contributed by atoms with Gasteiger partial charge < -0.3 is 15.1 Å². The van der Waals surface area contributed by atoms with Gasteiger partial charge in [-0.3, -0.25) is 9.89 Å². The second-order valence-electron chi connectivity index (χ2n) is 7.50. The van der Waals surface area contributed by atoms with E-state index in [1.54, 1.807) is 6.26 Å². The van der Waals surface area contributed by atoms with Crippen molar-refractivity contribution in [2.45, 2.75) is 50.7 Å². The maximum absolute atomic E-state index is 5.60. The number of rotatable bonds is 5. The summed E-state index contributed by atoms with van der Waals surface area (Å²) in [6.07, 6.45) is 8.42. The number of hydrogen-bond acceptors (Lipinski definition) is 4. The van der Waals surface area contributed by atoms with Crippen LogP contribution in [0.2, 0.25) is 0 Å². The van der Waals surface area contributed by atoms with Gasteiger partial charge in [0.2, 0.25) is 5.89 Å². The second-order valence-corrected chi connectivity index (χ2v) is 7.50. The van der Waals surface area contributed by atoms with Crippen LogP contribution in [0.4, 0.5) is 0 Å². The molecule has 1 saturated carbocycles. The molecule has 1 aliphatic heterocycles. The maximum Gasteiger partial charge on any atom is 0.226 e. The van der Waals surface area contributed by atoms with E-state index >= 15 is 0 Å². The van der Waals surface area contributed by atoms with E-state index in [0.29, 0.717) is 18.5 Å². The zero-order chi connectivity index (χ0) is 18.5. The standard InChI is InChI=1S/C21H29N5O.HI/c1-22-21(25-17-11-12-26(14-17)19-9-5-6-10-19)23-13-18-15-27-20(24-18)16-7-3-2-4-8-16;/h2-4,7-8,15,17,19H,5-6,9-14H2,1H3,(H2,22,23,25);1H. The van der Waals surface area contributed by atoms with E-state index in [-0.39, 0.29) is 24.0 Å². The monoisotopic (exact) mass is 495 g/mol. The van der Waals surface area contributed by atoms with E-state index in [0.717, 1.165) is 29.8 Å². The number of oxazole rings is 1. The average molecular weight is 495 g/mol. The summed E-state index contributed by atoms with van der Waals surface area (Å²) in [4.78, 5) is 11.6. The highest BCUT2D eigenvalue weighted by molar-refractivity contribution is 14.0. The van der Waals surface area contributed by atoms with Crippen molar-refractivity contribution >= 4 is 29.9 Å². The molecule has 1 saturated heterocycles. The molecular weight excluding hydrogens is 465 g/mol. The van der Waals surface area contributed by atoms with Gasteiger partial charge in [-0.15, -0.1) is 24.0 Å². The molecule has 2 aromatic rings. The van der Waals surface area contributed by atoms with E-state index in [2.05, 4.69) is 25.5 Å². The minimum absolute atomic E-state index is 0. The van der Waals surface area contributed by atoms with Crippen molar-refractivity contribution < 1.29 is 4.42 Å². The molecule has 0 spiro atoms. The molecular formula is C21H30IN5O. The molecule has 1 aliphatic carbocycles. The first kappa shape index (κ1) is 21.1. The predicted octanol–water partition coefficient (Wildman–Crippen LogP) is 3.64. The molecule has 4 rings (SSSR count). The Morgan fingerprint density at radius 3 is 2.75 bits per heavy atom. The first-order chi connectivity index (χ1) is 13.3. The topological polar surface area (TPSA) is 65.7 Å². The molecule has 7 heteroatoms. The zero-order valence-corrected chi connectivity index (χ0v) is 18.8. The van der Waals surface area contributed by atoms with Crippen LogP contribution in [0.1, 0.15) is 37.8 Å². The molecule has 6 nitrogen and oxygen atoms in total. The van der Waals surface area contributed by atoms with Gasteiger partial charge in [0.05, 0.1) is 12.2 Å². The molecule has 0 amide bonds. The van der Waals surface area contributed by atoms with E-state index in [4.69, 9.17) is 4.42 Å². The van der Waals surface area contributed by atoms with Crippen LogP contribution in [-0.2, 0) is 6.54 Å². The van der Waals surface area contributed by atoms with Gasteiger partial charge in [0.15, 0.2) is 5.96 Å². The first-order valence-electron chi connectivity index (χ1n) is 10.0. The van der Waals surface area contributed by atoms with Gasteiger partial charge in [0.25, 0.3) is 0 Å². The van der Waals surface area contributed by atoms with Gasteiger partial charge in [0, 0.05) is 37.8 Å². The highest BCUT2D eigenvalue weighted by Gasteiger charge is 2.30. The smallest absolute Gasteiger partial charge is 0.226 e. The minimum Gasteiger partial charge on any atom is -0.444 e. The van der Waals surface area contributed by atoms with Gasteiger partial charge in [-0.25, -0.2) is 4.98 Å². The quantitative estimate of drug-likeness (QED) is 0.377. The van der Waals surface area contributed by atoms with Crippen molar-refractivity contribution in [3.8, 4) is 11.5 Å². The highest BCUT2D eigenvalue weighted by atomic mass is 127. The third kappa shape index (κ3) is 5.26. The molecule has 1 aromatic heterocycles. The Morgan fingerprint density at radius 2 is 2.00 bits per heavy atom. The Hall–Kier alpha value is -1.61. The summed E-state index contributed by atoms with van der Waals surface area (Å²) in [6.45, 7) is 2.91. The van der Waals surface area contributed by atoms with E-state index in [1.165, 1.54) is 38.6 Å². The van der Waals surface area contributed by atoms with E-state index < -0.39 is 0 Å². The first-order valence-corrected chi connectivity index (χ1v) is 10.0. The Morgan fingerprint density at radius 1 is 1.21 bits per heavy atom. The van der Waals surface area contributed by atoms with Gasteiger partial charge in [-0.05, 0) is 31.4 Å². The molecule has 28 heavy (non-hydrogen) atoms. The van der Waals surface area contributed by atoms with Crippen LogP contribution < -0.4 is 10.6 Å². The fourth-order valence-electron chi connectivity index (χ4n) is 4.17. The number of hydrogen-bond donors (Lipinski definition) is 2. The van der Waals surface area contributed by atoms with Crippen molar-refractivity contribution in [2.24, 2.45) is 4.99 Å².